The first kappa shape index (κ1) is 14.4. The molecular weight excluding hydrogens is 257 g/mol. The molecule has 5 heteroatoms. The summed E-state index contributed by atoms with van der Waals surface area (Å²) in [6, 6.07) is 6.53. The number of benzene rings is 1. The summed E-state index contributed by atoms with van der Waals surface area (Å²) >= 11 is 0. The first-order valence-electron chi connectivity index (χ1n) is 6.73. The fraction of sp³-hybridized carbons (Fsp3) is 0.400. The van der Waals surface area contributed by atoms with E-state index in [9.17, 15) is 9.18 Å². The van der Waals surface area contributed by atoms with Gasteiger partial charge in [0.1, 0.15) is 5.82 Å². The zero-order valence-electron chi connectivity index (χ0n) is 11.4. The highest BCUT2D eigenvalue weighted by Gasteiger charge is 2.22. The van der Waals surface area contributed by atoms with Crippen molar-refractivity contribution in [2.75, 3.05) is 44.2 Å². The van der Waals surface area contributed by atoms with E-state index < -0.39 is 0 Å². The van der Waals surface area contributed by atoms with Gasteiger partial charge in [-0.15, -0.1) is 6.42 Å². The van der Waals surface area contributed by atoms with E-state index in [4.69, 9.17) is 6.42 Å². The predicted octanol–water partition coefficient (Wildman–Crippen LogP) is -0.720. The number of amides is 1. The minimum absolute atomic E-state index is 0.00631. The Morgan fingerprint density at radius 3 is 2.60 bits per heavy atom. The maximum Gasteiger partial charge on any atom is 0.275 e. The number of terminal acetylenes is 1. The third-order valence-corrected chi connectivity index (χ3v) is 3.46. The molecule has 1 aromatic carbocycles. The van der Waals surface area contributed by atoms with E-state index in [0.29, 0.717) is 6.54 Å². The molecule has 0 atom stereocenters. The van der Waals surface area contributed by atoms with Crippen molar-refractivity contribution in [3.63, 3.8) is 0 Å². The average molecular weight is 276 g/mol. The summed E-state index contributed by atoms with van der Waals surface area (Å²) in [6.45, 7) is 4.25. The smallest absolute Gasteiger partial charge is 0.275 e. The number of carbonyl (C=O) groups is 1. The normalized spacial score (nSPS) is 15.7. The number of nitrogens with one attached hydrogen (secondary N) is 2. The van der Waals surface area contributed by atoms with E-state index in [2.05, 4.69) is 16.1 Å². The van der Waals surface area contributed by atoms with Gasteiger partial charge < -0.3 is 15.1 Å². The fourth-order valence-electron chi connectivity index (χ4n) is 2.35. The lowest BCUT2D eigenvalue weighted by molar-refractivity contribution is -0.892. The lowest BCUT2D eigenvalue weighted by atomic mass is 10.2. The minimum atomic E-state index is -0.219. The Balaban J connectivity index is 1.79. The van der Waals surface area contributed by atoms with Gasteiger partial charge in [0.05, 0.1) is 32.7 Å². The Hall–Kier alpha value is -2.06. The number of halogens is 1. The van der Waals surface area contributed by atoms with E-state index in [1.165, 1.54) is 17.0 Å². The highest BCUT2D eigenvalue weighted by molar-refractivity contribution is 5.77. The van der Waals surface area contributed by atoms with Gasteiger partial charge in [-0.3, -0.25) is 4.79 Å². The largest absolute Gasteiger partial charge is 0.360 e. The Morgan fingerprint density at radius 1 is 1.35 bits per heavy atom. The maximum atomic E-state index is 12.9. The van der Waals surface area contributed by atoms with Gasteiger partial charge in [0.2, 0.25) is 0 Å². The Kier molecular flexibility index (Phi) is 4.97. The number of anilines is 1. The molecule has 106 valence electrons. The van der Waals surface area contributed by atoms with Gasteiger partial charge in [-0.05, 0) is 24.3 Å². The van der Waals surface area contributed by atoms with Crippen LogP contribution < -0.4 is 15.1 Å². The quantitative estimate of drug-likeness (QED) is 0.712. The van der Waals surface area contributed by atoms with Crippen molar-refractivity contribution in [1.82, 2.24) is 5.32 Å². The number of hydrogen-bond acceptors (Lipinski definition) is 2. The van der Waals surface area contributed by atoms with Crippen LogP contribution in [0.2, 0.25) is 0 Å². The lowest BCUT2D eigenvalue weighted by Crippen LogP contribution is -3.15. The van der Waals surface area contributed by atoms with Crippen LogP contribution in [0.3, 0.4) is 0 Å². The minimum Gasteiger partial charge on any atom is -0.360 e. The standard InChI is InChI=1S/C15H18FN3O/c1-2-7-17-15(20)12-18-8-10-19(11-9-18)14-5-3-13(16)4-6-14/h1,3-6H,7-12H2,(H,17,20)/p+1. The number of hydrogen-bond donors (Lipinski definition) is 2. The number of quaternary nitrogens is 1. The topological polar surface area (TPSA) is 36.8 Å². The lowest BCUT2D eigenvalue weighted by Gasteiger charge is -2.33. The highest BCUT2D eigenvalue weighted by atomic mass is 19.1. The molecule has 1 aromatic rings. The van der Waals surface area contributed by atoms with E-state index in [0.717, 1.165) is 31.9 Å². The van der Waals surface area contributed by atoms with Crippen LogP contribution in [0.1, 0.15) is 0 Å². The molecule has 0 radical (unpaired) electrons. The van der Waals surface area contributed by atoms with Crippen LogP contribution in [-0.4, -0.2) is 45.2 Å². The molecule has 2 rings (SSSR count). The van der Waals surface area contributed by atoms with E-state index in [1.807, 2.05) is 0 Å². The molecule has 0 saturated carbocycles. The Morgan fingerprint density at radius 2 is 2.00 bits per heavy atom. The van der Waals surface area contributed by atoms with Gasteiger partial charge >= 0.3 is 0 Å². The molecule has 1 aliphatic heterocycles. The number of nitrogens with zero attached hydrogens (tertiary/aromatic N) is 1. The summed E-state index contributed by atoms with van der Waals surface area (Å²) in [5.74, 6) is 2.16. The van der Waals surface area contributed by atoms with Gasteiger partial charge in [0, 0.05) is 5.69 Å². The molecule has 1 saturated heterocycles. The summed E-state index contributed by atoms with van der Waals surface area (Å²) in [5.41, 5.74) is 1.03. The molecule has 0 spiro atoms. The second-order valence-corrected chi connectivity index (χ2v) is 4.87. The van der Waals surface area contributed by atoms with Gasteiger partial charge in [0.15, 0.2) is 6.54 Å². The van der Waals surface area contributed by atoms with Crippen molar-refractivity contribution >= 4 is 11.6 Å². The fourth-order valence-corrected chi connectivity index (χ4v) is 2.35. The predicted molar refractivity (Wildman–Crippen MR) is 76.0 cm³/mol. The van der Waals surface area contributed by atoms with Gasteiger partial charge in [-0.25, -0.2) is 4.39 Å². The van der Waals surface area contributed by atoms with Crippen molar-refractivity contribution in [2.24, 2.45) is 0 Å². The molecule has 1 aliphatic rings. The SMILES string of the molecule is C#CCNC(=O)C[NH+]1CCN(c2ccc(F)cc2)CC1. The van der Waals surface area contributed by atoms with Crippen molar-refractivity contribution in [3.8, 4) is 12.3 Å². The van der Waals surface area contributed by atoms with Crippen molar-refractivity contribution < 1.29 is 14.1 Å². The van der Waals surface area contributed by atoms with E-state index >= 15 is 0 Å². The Labute approximate surface area is 118 Å². The van der Waals surface area contributed by atoms with E-state index in [1.54, 1.807) is 12.1 Å². The van der Waals surface area contributed by atoms with Crippen LogP contribution in [0.15, 0.2) is 24.3 Å². The van der Waals surface area contributed by atoms with E-state index in [-0.39, 0.29) is 18.3 Å². The monoisotopic (exact) mass is 276 g/mol. The maximum absolute atomic E-state index is 12.9. The van der Waals surface area contributed by atoms with Crippen molar-refractivity contribution in [1.29, 1.82) is 0 Å². The Bertz CT molecular complexity index is 487. The number of piperazine rings is 1. The summed E-state index contributed by atoms with van der Waals surface area (Å²) < 4.78 is 12.9. The van der Waals surface area contributed by atoms with Crippen molar-refractivity contribution in [3.05, 3.63) is 30.1 Å². The summed E-state index contributed by atoms with van der Waals surface area (Å²) in [5, 5.41) is 2.68. The van der Waals surface area contributed by atoms with Gasteiger partial charge in [-0.2, -0.15) is 0 Å². The van der Waals surface area contributed by atoms with Gasteiger partial charge in [-0.1, -0.05) is 5.92 Å². The summed E-state index contributed by atoms with van der Waals surface area (Å²) in [6.07, 6.45) is 5.10. The third kappa shape index (κ3) is 3.97. The average Bonchev–Trinajstić information content (AvgIpc) is 2.47. The van der Waals surface area contributed by atoms with Crippen LogP contribution in [0.25, 0.3) is 0 Å². The van der Waals surface area contributed by atoms with Crippen LogP contribution >= 0.6 is 0 Å². The van der Waals surface area contributed by atoms with Crippen molar-refractivity contribution in [2.45, 2.75) is 0 Å². The first-order chi connectivity index (χ1) is 9.69. The molecule has 1 fully saturated rings. The van der Waals surface area contributed by atoms with Crippen LogP contribution in [0.4, 0.5) is 10.1 Å². The molecule has 20 heavy (non-hydrogen) atoms. The second-order valence-electron chi connectivity index (χ2n) is 4.87. The molecule has 1 heterocycles. The third-order valence-electron chi connectivity index (χ3n) is 3.46. The number of carbonyl (C=O) groups excluding carboxylic acids is 1. The molecule has 0 aromatic heterocycles. The highest BCUT2D eigenvalue weighted by Crippen LogP contribution is 2.14. The second kappa shape index (κ2) is 6.92. The summed E-state index contributed by atoms with van der Waals surface area (Å²) in [4.78, 5) is 15.0. The molecule has 0 aliphatic carbocycles. The van der Waals surface area contributed by atoms with Crippen LogP contribution in [0.5, 0.6) is 0 Å². The molecule has 4 nitrogen and oxygen atoms in total. The molecule has 0 bridgehead atoms. The van der Waals surface area contributed by atoms with Crippen LogP contribution in [0, 0.1) is 18.2 Å². The first-order valence-corrected chi connectivity index (χ1v) is 6.73. The molecule has 0 unspecified atom stereocenters. The summed E-state index contributed by atoms with van der Waals surface area (Å²) in [7, 11) is 0. The van der Waals surface area contributed by atoms with Gasteiger partial charge in [0.25, 0.3) is 5.91 Å². The zero-order valence-corrected chi connectivity index (χ0v) is 11.4. The van der Waals surface area contributed by atoms with Crippen LogP contribution in [-0.2, 0) is 4.79 Å². The molecular formula is C15H19FN3O+. The molecule has 1 amide bonds. The number of rotatable bonds is 4. The zero-order chi connectivity index (χ0) is 14.4. The molecule has 2 N–H and O–H groups in total.